The number of rotatable bonds is 10. The zero-order chi connectivity index (χ0) is 24.6. The van der Waals surface area contributed by atoms with E-state index in [0.29, 0.717) is 46.0 Å². The molecule has 0 saturated carbocycles. The van der Waals surface area contributed by atoms with Crippen LogP contribution in [0.2, 0.25) is 0 Å². The van der Waals surface area contributed by atoms with Crippen LogP contribution in [0.25, 0.3) is 22.3 Å². The van der Waals surface area contributed by atoms with Crippen molar-refractivity contribution >= 4 is 34.1 Å². The van der Waals surface area contributed by atoms with Gasteiger partial charge in [0, 0.05) is 17.4 Å². The van der Waals surface area contributed by atoms with Crippen LogP contribution in [0.3, 0.4) is 0 Å². The molecule has 178 valence electrons. The number of unbranched alkanes of at least 4 members (excludes halogenated alkanes) is 4. The topological polar surface area (TPSA) is 152 Å². The van der Waals surface area contributed by atoms with E-state index in [0.717, 1.165) is 24.6 Å². The zero-order valence-corrected chi connectivity index (χ0v) is 19.4. The van der Waals surface area contributed by atoms with Crippen LogP contribution in [0.15, 0.2) is 42.5 Å². The summed E-state index contributed by atoms with van der Waals surface area (Å²) >= 11 is 0. The van der Waals surface area contributed by atoms with Crippen molar-refractivity contribution in [3.8, 4) is 17.5 Å². The van der Waals surface area contributed by atoms with E-state index in [1.807, 2.05) is 18.2 Å². The molecule has 0 atom stereocenters. The lowest BCUT2D eigenvalue weighted by Crippen LogP contribution is -2.13. The summed E-state index contributed by atoms with van der Waals surface area (Å²) < 4.78 is 0. The highest BCUT2D eigenvalue weighted by atomic mass is 16.2. The van der Waals surface area contributed by atoms with E-state index in [4.69, 9.17) is 0 Å². The Labute approximate surface area is 202 Å². The van der Waals surface area contributed by atoms with Crippen LogP contribution in [-0.4, -0.2) is 37.4 Å². The molecule has 2 amide bonds. The number of tetrazole rings is 1. The zero-order valence-electron chi connectivity index (χ0n) is 19.4. The highest BCUT2D eigenvalue weighted by Crippen LogP contribution is 2.28. The summed E-state index contributed by atoms with van der Waals surface area (Å²) in [5, 5.41) is 29.5. The number of aromatic nitrogens is 5. The quantitative estimate of drug-likeness (QED) is 0.245. The Morgan fingerprint density at radius 3 is 2.66 bits per heavy atom. The van der Waals surface area contributed by atoms with Crippen molar-refractivity contribution in [2.24, 2.45) is 0 Å². The maximum Gasteiger partial charge on any atom is 0.272 e. The molecule has 4 aromatic rings. The molecule has 0 fully saturated rings. The second-order valence-electron chi connectivity index (χ2n) is 8.24. The molecule has 0 radical (unpaired) electrons. The van der Waals surface area contributed by atoms with Gasteiger partial charge in [-0.3, -0.25) is 9.59 Å². The van der Waals surface area contributed by atoms with Gasteiger partial charge in [0.15, 0.2) is 5.82 Å². The Kier molecular flexibility index (Phi) is 7.47. The van der Waals surface area contributed by atoms with Gasteiger partial charge in [-0.25, -0.2) is 5.10 Å². The number of carbonyl (C=O) groups is 2. The van der Waals surface area contributed by atoms with Crippen LogP contribution < -0.4 is 10.6 Å². The fourth-order valence-corrected chi connectivity index (χ4v) is 3.87. The van der Waals surface area contributed by atoms with E-state index >= 15 is 0 Å². The molecule has 0 aliphatic carbocycles. The van der Waals surface area contributed by atoms with Crippen molar-refractivity contribution in [2.45, 2.75) is 45.4 Å². The van der Waals surface area contributed by atoms with Crippen molar-refractivity contribution < 1.29 is 9.59 Å². The van der Waals surface area contributed by atoms with Crippen molar-refractivity contribution in [3.05, 3.63) is 53.7 Å². The van der Waals surface area contributed by atoms with Gasteiger partial charge in [-0.2, -0.15) is 5.26 Å². The number of aromatic amines is 2. The number of amides is 2. The van der Waals surface area contributed by atoms with E-state index in [1.165, 1.54) is 12.8 Å². The number of nitrogens with one attached hydrogen (secondary N) is 4. The van der Waals surface area contributed by atoms with E-state index < -0.39 is 0 Å². The van der Waals surface area contributed by atoms with Gasteiger partial charge in [-0.05, 0) is 47.2 Å². The lowest BCUT2D eigenvalue weighted by atomic mass is 10.1. The molecule has 0 aliphatic heterocycles. The van der Waals surface area contributed by atoms with E-state index in [-0.39, 0.29) is 11.8 Å². The number of benzene rings is 2. The number of para-hydroxylation sites is 1. The number of H-pyrrole nitrogens is 2. The molecule has 2 aromatic heterocycles. The summed E-state index contributed by atoms with van der Waals surface area (Å²) in [5.74, 6) is -0.0981. The number of fused-ring (bicyclic) bond motifs is 1. The molecule has 0 spiro atoms. The molecule has 0 aliphatic rings. The predicted molar refractivity (Wildman–Crippen MR) is 133 cm³/mol. The number of nitrogens with zero attached hydrogens (tertiary/aromatic N) is 4. The number of hydrogen-bond acceptors (Lipinski definition) is 6. The summed E-state index contributed by atoms with van der Waals surface area (Å²) in [5.41, 5.74) is 2.98. The van der Waals surface area contributed by atoms with Crippen molar-refractivity contribution in [1.82, 2.24) is 25.6 Å². The average Bonchev–Trinajstić information content (AvgIpc) is 3.55. The van der Waals surface area contributed by atoms with Crippen molar-refractivity contribution in [1.29, 1.82) is 5.26 Å². The number of nitriles is 1. The van der Waals surface area contributed by atoms with E-state index in [2.05, 4.69) is 49.2 Å². The van der Waals surface area contributed by atoms with Crippen LogP contribution in [0.5, 0.6) is 0 Å². The van der Waals surface area contributed by atoms with Gasteiger partial charge in [0.2, 0.25) is 5.91 Å². The maximum atomic E-state index is 13.1. The molecule has 35 heavy (non-hydrogen) atoms. The molecule has 2 heterocycles. The van der Waals surface area contributed by atoms with Gasteiger partial charge in [-0.1, -0.05) is 44.7 Å². The number of hydrogen-bond donors (Lipinski definition) is 4. The van der Waals surface area contributed by atoms with Crippen molar-refractivity contribution in [3.63, 3.8) is 0 Å². The molecular weight excluding hydrogens is 444 g/mol. The fraction of sp³-hybridized carbons (Fsp3) is 0.280. The first-order chi connectivity index (χ1) is 17.1. The molecule has 0 unspecified atom stereocenters. The summed E-state index contributed by atoms with van der Waals surface area (Å²) in [4.78, 5) is 28.6. The van der Waals surface area contributed by atoms with Gasteiger partial charge in [0.05, 0.1) is 28.5 Å². The van der Waals surface area contributed by atoms with E-state index in [1.54, 1.807) is 24.3 Å². The second-order valence-corrected chi connectivity index (χ2v) is 8.24. The Morgan fingerprint density at radius 2 is 1.89 bits per heavy atom. The first-order valence-electron chi connectivity index (χ1n) is 11.6. The molecular formula is C25H26N8O2. The minimum absolute atomic E-state index is 0.0440. The fourth-order valence-electron chi connectivity index (χ4n) is 3.87. The maximum absolute atomic E-state index is 13.1. The number of anilines is 2. The summed E-state index contributed by atoms with van der Waals surface area (Å²) in [6.07, 6.45) is 5.86. The Balaban J connectivity index is 1.50. The van der Waals surface area contributed by atoms with Crippen molar-refractivity contribution in [2.75, 3.05) is 10.6 Å². The molecule has 4 N–H and O–H groups in total. The van der Waals surface area contributed by atoms with Crippen LogP contribution in [0.1, 0.15) is 61.5 Å². The van der Waals surface area contributed by atoms with Gasteiger partial charge in [0.25, 0.3) is 5.91 Å². The van der Waals surface area contributed by atoms with Crippen LogP contribution in [-0.2, 0) is 4.79 Å². The highest BCUT2D eigenvalue weighted by Gasteiger charge is 2.17. The largest absolute Gasteiger partial charge is 0.349 e. The Bertz CT molecular complexity index is 1370. The summed E-state index contributed by atoms with van der Waals surface area (Å²) in [6.45, 7) is 2.16. The third kappa shape index (κ3) is 5.70. The van der Waals surface area contributed by atoms with Gasteiger partial charge in [0.1, 0.15) is 5.69 Å². The average molecular weight is 471 g/mol. The first kappa shape index (κ1) is 23.6. The van der Waals surface area contributed by atoms with Crippen LogP contribution in [0, 0.1) is 11.3 Å². The standard InChI is InChI=1S/C25H26N8O2/c1-2-3-4-5-6-10-22(34)27-20-9-7-8-17-14-21(28-23(17)20)25(35)29-19-12-11-16(15-26)13-18(19)24-30-32-33-31-24/h7-9,11-14,28H,2-6,10H2,1H3,(H,27,34)(H,29,35)(H,30,31,32,33). The highest BCUT2D eigenvalue weighted by molar-refractivity contribution is 6.09. The third-order valence-electron chi connectivity index (χ3n) is 5.68. The Morgan fingerprint density at radius 1 is 1.03 bits per heavy atom. The minimum atomic E-state index is -0.382. The normalized spacial score (nSPS) is 10.7. The SMILES string of the molecule is CCCCCCCC(=O)Nc1cccc2cc(C(=O)Nc3ccc(C#N)cc3-c3nnn[nH]3)[nH]c12. The van der Waals surface area contributed by atoms with Crippen LogP contribution >= 0.6 is 0 Å². The van der Waals surface area contributed by atoms with Crippen LogP contribution in [0.4, 0.5) is 11.4 Å². The number of carbonyl (C=O) groups excluding carboxylic acids is 2. The molecule has 0 bridgehead atoms. The smallest absolute Gasteiger partial charge is 0.272 e. The van der Waals surface area contributed by atoms with Gasteiger partial charge in [-0.15, -0.1) is 5.10 Å². The molecule has 10 heteroatoms. The molecule has 0 saturated heterocycles. The third-order valence-corrected chi connectivity index (χ3v) is 5.68. The van der Waals surface area contributed by atoms with Gasteiger partial charge >= 0.3 is 0 Å². The Hall–Kier alpha value is -4.52. The first-order valence-corrected chi connectivity index (χ1v) is 11.6. The summed E-state index contributed by atoms with van der Waals surface area (Å²) in [6, 6.07) is 14.1. The molecule has 10 nitrogen and oxygen atoms in total. The predicted octanol–water partition coefficient (Wildman–Crippen LogP) is 4.77. The minimum Gasteiger partial charge on any atom is -0.349 e. The van der Waals surface area contributed by atoms with E-state index in [9.17, 15) is 14.9 Å². The van der Waals surface area contributed by atoms with Gasteiger partial charge < -0.3 is 15.6 Å². The lowest BCUT2D eigenvalue weighted by Gasteiger charge is -2.09. The summed E-state index contributed by atoms with van der Waals surface area (Å²) in [7, 11) is 0. The molecule has 4 rings (SSSR count). The second kappa shape index (κ2) is 11.1. The lowest BCUT2D eigenvalue weighted by molar-refractivity contribution is -0.116. The molecule has 2 aromatic carbocycles. The monoisotopic (exact) mass is 470 g/mol.